The molecule has 20 heavy (non-hydrogen) atoms. The molecular formula is C14H13BrFN3O. The Hall–Kier alpha value is -1.95. The summed E-state index contributed by atoms with van der Waals surface area (Å²) in [5.74, 6) is -0.163. The van der Waals surface area contributed by atoms with Gasteiger partial charge in [-0.2, -0.15) is 0 Å². The Kier molecular flexibility index (Phi) is 4.34. The van der Waals surface area contributed by atoms with E-state index in [0.717, 1.165) is 0 Å². The second kappa shape index (κ2) is 6.00. The third-order valence-electron chi connectivity index (χ3n) is 2.77. The molecule has 1 amide bonds. The van der Waals surface area contributed by atoms with Crippen molar-refractivity contribution < 1.29 is 9.18 Å². The number of nitrogens with one attached hydrogen (secondary N) is 2. The van der Waals surface area contributed by atoms with Crippen LogP contribution in [-0.4, -0.2) is 17.9 Å². The van der Waals surface area contributed by atoms with E-state index in [9.17, 15) is 9.18 Å². The molecule has 0 saturated carbocycles. The number of aromatic nitrogens is 1. The summed E-state index contributed by atoms with van der Waals surface area (Å²) in [6, 6.07) is 5.88. The SMILES string of the molecule is CNc1ncc(Br)cc1C(=O)Nc1ccc(F)cc1C. The van der Waals surface area contributed by atoms with Crippen LogP contribution < -0.4 is 10.6 Å². The van der Waals surface area contributed by atoms with Gasteiger partial charge in [0.2, 0.25) is 0 Å². The van der Waals surface area contributed by atoms with E-state index in [1.54, 1.807) is 26.2 Å². The molecule has 0 aliphatic carbocycles. The summed E-state index contributed by atoms with van der Waals surface area (Å²) in [7, 11) is 1.69. The quantitative estimate of drug-likeness (QED) is 0.899. The third-order valence-corrected chi connectivity index (χ3v) is 3.21. The molecule has 0 saturated heterocycles. The second-order valence-electron chi connectivity index (χ2n) is 4.21. The number of amides is 1. The second-order valence-corrected chi connectivity index (χ2v) is 5.13. The zero-order chi connectivity index (χ0) is 14.7. The Morgan fingerprint density at radius 3 is 2.75 bits per heavy atom. The van der Waals surface area contributed by atoms with Gasteiger partial charge in [-0.25, -0.2) is 9.37 Å². The van der Waals surface area contributed by atoms with Gasteiger partial charge in [-0.15, -0.1) is 0 Å². The predicted octanol–water partition coefficient (Wildman–Crippen LogP) is 3.59. The highest BCUT2D eigenvalue weighted by Crippen LogP contribution is 2.21. The maximum absolute atomic E-state index is 13.0. The number of anilines is 2. The molecule has 0 aliphatic rings. The van der Waals surface area contributed by atoms with Crippen LogP contribution in [0.3, 0.4) is 0 Å². The normalized spacial score (nSPS) is 10.2. The average molecular weight is 338 g/mol. The largest absolute Gasteiger partial charge is 0.372 e. The summed E-state index contributed by atoms with van der Waals surface area (Å²) >= 11 is 3.28. The van der Waals surface area contributed by atoms with E-state index in [2.05, 4.69) is 31.5 Å². The predicted molar refractivity (Wildman–Crippen MR) is 80.6 cm³/mol. The number of aryl methyl sites for hydroxylation is 1. The molecule has 0 spiro atoms. The maximum Gasteiger partial charge on any atom is 0.259 e. The fraction of sp³-hybridized carbons (Fsp3) is 0.143. The van der Waals surface area contributed by atoms with Crippen LogP contribution in [0.2, 0.25) is 0 Å². The number of carbonyl (C=O) groups excluding carboxylic acids is 1. The molecule has 4 nitrogen and oxygen atoms in total. The van der Waals surface area contributed by atoms with Gasteiger partial charge in [-0.3, -0.25) is 4.79 Å². The summed E-state index contributed by atoms with van der Waals surface area (Å²) in [6.07, 6.45) is 1.60. The van der Waals surface area contributed by atoms with Gasteiger partial charge in [0.25, 0.3) is 5.91 Å². The Bertz CT molecular complexity index is 661. The highest BCUT2D eigenvalue weighted by molar-refractivity contribution is 9.10. The molecule has 0 aliphatic heterocycles. The van der Waals surface area contributed by atoms with E-state index >= 15 is 0 Å². The molecule has 0 unspecified atom stereocenters. The number of halogens is 2. The van der Waals surface area contributed by atoms with Gasteiger partial charge in [0, 0.05) is 23.4 Å². The molecule has 1 aromatic carbocycles. The topological polar surface area (TPSA) is 54.0 Å². The van der Waals surface area contributed by atoms with Gasteiger partial charge in [0.15, 0.2) is 0 Å². The van der Waals surface area contributed by atoms with E-state index in [1.165, 1.54) is 18.2 Å². The molecule has 2 N–H and O–H groups in total. The van der Waals surface area contributed by atoms with Crippen molar-refractivity contribution in [3.05, 3.63) is 51.9 Å². The number of hydrogen-bond donors (Lipinski definition) is 2. The molecule has 1 heterocycles. The van der Waals surface area contributed by atoms with Crippen LogP contribution in [0.5, 0.6) is 0 Å². The minimum Gasteiger partial charge on any atom is -0.372 e. The lowest BCUT2D eigenvalue weighted by Gasteiger charge is -2.11. The van der Waals surface area contributed by atoms with Gasteiger partial charge >= 0.3 is 0 Å². The van der Waals surface area contributed by atoms with Crippen molar-refractivity contribution in [1.29, 1.82) is 0 Å². The van der Waals surface area contributed by atoms with Crippen LogP contribution >= 0.6 is 15.9 Å². The van der Waals surface area contributed by atoms with E-state index in [4.69, 9.17) is 0 Å². The minimum atomic E-state index is -0.333. The van der Waals surface area contributed by atoms with Crippen LogP contribution in [0.25, 0.3) is 0 Å². The highest BCUT2D eigenvalue weighted by Gasteiger charge is 2.14. The van der Waals surface area contributed by atoms with Crippen molar-refractivity contribution in [2.75, 3.05) is 17.7 Å². The fourth-order valence-electron chi connectivity index (χ4n) is 1.77. The van der Waals surface area contributed by atoms with Crippen LogP contribution in [0.4, 0.5) is 15.9 Å². The Balaban J connectivity index is 2.30. The van der Waals surface area contributed by atoms with Gasteiger partial charge in [0.05, 0.1) is 5.56 Å². The first-order valence-electron chi connectivity index (χ1n) is 5.92. The zero-order valence-electron chi connectivity index (χ0n) is 11.0. The van der Waals surface area contributed by atoms with Crippen LogP contribution in [0.15, 0.2) is 34.9 Å². The number of benzene rings is 1. The molecule has 1 aromatic heterocycles. The molecule has 104 valence electrons. The van der Waals surface area contributed by atoms with Crippen LogP contribution in [-0.2, 0) is 0 Å². The van der Waals surface area contributed by atoms with Gasteiger partial charge < -0.3 is 10.6 Å². The summed E-state index contributed by atoms with van der Waals surface area (Å²) < 4.78 is 13.7. The van der Waals surface area contributed by atoms with Crippen molar-refractivity contribution in [2.24, 2.45) is 0 Å². The zero-order valence-corrected chi connectivity index (χ0v) is 12.6. The van der Waals surface area contributed by atoms with E-state index < -0.39 is 0 Å². The first-order chi connectivity index (χ1) is 9.51. The van der Waals surface area contributed by atoms with Gasteiger partial charge in [-0.05, 0) is 52.7 Å². The smallest absolute Gasteiger partial charge is 0.259 e. The van der Waals surface area contributed by atoms with E-state index in [-0.39, 0.29) is 11.7 Å². The molecule has 2 rings (SSSR count). The lowest BCUT2D eigenvalue weighted by molar-refractivity contribution is 0.102. The van der Waals surface area contributed by atoms with Crippen molar-refractivity contribution in [3.8, 4) is 0 Å². The standard InChI is InChI=1S/C14H13BrFN3O/c1-8-5-10(16)3-4-12(8)19-14(20)11-6-9(15)7-18-13(11)17-2/h3-7H,1-2H3,(H,17,18)(H,19,20). The monoisotopic (exact) mass is 337 g/mol. The molecule has 0 bridgehead atoms. The lowest BCUT2D eigenvalue weighted by atomic mass is 10.1. The van der Waals surface area contributed by atoms with Crippen molar-refractivity contribution in [2.45, 2.75) is 6.92 Å². The fourth-order valence-corrected chi connectivity index (χ4v) is 2.10. The van der Waals surface area contributed by atoms with Crippen molar-refractivity contribution in [3.63, 3.8) is 0 Å². The average Bonchev–Trinajstić information content (AvgIpc) is 2.41. The maximum atomic E-state index is 13.0. The van der Waals surface area contributed by atoms with Crippen LogP contribution in [0.1, 0.15) is 15.9 Å². The Labute approximate surface area is 124 Å². The summed E-state index contributed by atoms with van der Waals surface area (Å²) in [4.78, 5) is 16.4. The number of nitrogens with zero attached hydrogens (tertiary/aromatic N) is 1. The minimum absolute atomic E-state index is 0.308. The Morgan fingerprint density at radius 1 is 1.35 bits per heavy atom. The lowest BCUT2D eigenvalue weighted by Crippen LogP contribution is -2.15. The molecule has 0 radical (unpaired) electrons. The molecule has 0 fully saturated rings. The van der Waals surface area contributed by atoms with Crippen LogP contribution in [0, 0.1) is 12.7 Å². The number of hydrogen-bond acceptors (Lipinski definition) is 3. The highest BCUT2D eigenvalue weighted by atomic mass is 79.9. The molecule has 2 aromatic rings. The summed E-state index contributed by atoms with van der Waals surface area (Å²) in [5.41, 5.74) is 1.64. The summed E-state index contributed by atoms with van der Waals surface area (Å²) in [6.45, 7) is 1.73. The summed E-state index contributed by atoms with van der Waals surface area (Å²) in [5, 5.41) is 5.61. The molecule has 0 atom stereocenters. The molecular weight excluding hydrogens is 325 g/mol. The van der Waals surface area contributed by atoms with Gasteiger partial charge in [-0.1, -0.05) is 0 Å². The Morgan fingerprint density at radius 2 is 2.10 bits per heavy atom. The van der Waals surface area contributed by atoms with E-state index in [0.29, 0.717) is 27.1 Å². The number of rotatable bonds is 3. The van der Waals surface area contributed by atoms with E-state index in [1.807, 2.05) is 0 Å². The van der Waals surface area contributed by atoms with Gasteiger partial charge in [0.1, 0.15) is 11.6 Å². The third kappa shape index (κ3) is 3.14. The number of carbonyl (C=O) groups is 1. The van der Waals surface area contributed by atoms with Crippen molar-refractivity contribution >= 4 is 33.3 Å². The molecule has 6 heteroatoms. The first-order valence-corrected chi connectivity index (χ1v) is 6.71. The number of pyridine rings is 1. The first kappa shape index (κ1) is 14.5. The van der Waals surface area contributed by atoms with Crippen molar-refractivity contribution in [1.82, 2.24) is 4.98 Å².